The predicted molar refractivity (Wildman–Crippen MR) is 71.4 cm³/mol. The van der Waals surface area contributed by atoms with E-state index in [0.717, 1.165) is 19.3 Å². The Balaban J connectivity index is 3.86. The quantitative estimate of drug-likeness (QED) is 0.629. The highest BCUT2D eigenvalue weighted by molar-refractivity contribution is 7.91. The smallest absolute Gasteiger partial charge is 0.150 e. The van der Waals surface area contributed by atoms with Gasteiger partial charge in [0.1, 0.15) is 9.84 Å². The molecule has 0 rings (SSSR count). The number of nitriles is 1. The second-order valence-corrected chi connectivity index (χ2v) is 8.09. The molecule has 0 heterocycles. The highest BCUT2D eigenvalue weighted by atomic mass is 32.2. The molecule has 4 heteroatoms. The van der Waals surface area contributed by atoms with Gasteiger partial charge in [-0.15, -0.1) is 0 Å². The lowest BCUT2D eigenvalue weighted by molar-refractivity contribution is 0.431. The van der Waals surface area contributed by atoms with Crippen molar-refractivity contribution in [3.63, 3.8) is 0 Å². The fourth-order valence-corrected chi connectivity index (χ4v) is 3.14. The van der Waals surface area contributed by atoms with Crippen LogP contribution in [0.5, 0.6) is 0 Å². The molecule has 0 unspecified atom stereocenters. The van der Waals surface area contributed by atoms with Crippen LogP contribution in [0, 0.1) is 22.7 Å². The van der Waals surface area contributed by atoms with Crippen LogP contribution in [-0.2, 0) is 9.84 Å². The molecule has 0 amide bonds. The van der Waals surface area contributed by atoms with E-state index < -0.39 is 9.84 Å². The van der Waals surface area contributed by atoms with Gasteiger partial charge < -0.3 is 0 Å². The van der Waals surface area contributed by atoms with E-state index in [0.29, 0.717) is 18.1 Å². The lowest BCUT2D eigenvalue weighted by Gasteiger charge is -2.14. The van der Waals surface area contributed by atoms with Crippen LogP contribution in [0.3, 0.4) is 0 Å². The van der Waals surface area contributed by atoms with Crippen molar-refractivity contribution in [2.75, 3.05) is 11.5 Å². The number of sulfone groups is 1. The molecule has 0 aromatic carbocycles. The molecule has 0 aliphatic rings. The minimum Gasteiger partial charge on any atom is -0.229 e. The Morgan fingerprint density at radius 3 is 2.24 bits per heavy atom. The molecule has 0 spiro atoms. The fraction of sp³-hybridized carbons (Fsp3) is 0.923. The van der Waals surface area contributed by atoms with Crippen molar-refractivity contribution in [1.29, 1.82) is 5.26 Å². The molecule has 0 bridgehead atoms. The van der Waals surface area contributed by atoms with Gasteiger partial charge in [-0.1, -0.05) is 20.3 Å². The van der Waals surface area contributed by atoms with Crippen molar-refractivity contribution in [2.24, 2.45) is 11.3 Å². The first-order chi connectivity index (χ1) is 7.68. The molecule has 0 aromatic rings. The topological polar surface area (TPSA) is 57.9 Å². The zero-order valence-corrected chi connectivity index (χ0v) is 12.3. The average molecular weight is 259 g/mol. The van der Waals surface area contributed by atoms with Gasteiger partial charge in [-0.2, -0.15) is 5.26 Å². The molecule has 0 fully saturated rings. The summed E-state index contributed by atoms with van der Waals surface area (Å²) in [4.78, 5) is 0. The standard InChI is InChI=1S/C13H25NO2S/c1-12(2)7-10-17(15,16)9-6-5-8-13(3,4)11-14/h12H,5-10H2,1-4H3. The van der Waals surface area contributed by atoms with Crippen LogP contribution in [0.15, 0.2) is 0 Å². The van der Waals surface area contributed by atoms with Crippen molar-refractivity contribution in [1.82, 2.24) is 0 Å². The molecule has 0 saturated heterocycles. The number of hydrogen-bond donors (Lipinski definition) is 0. The molecule has 0 aliphatic carbocycles. The lowest BCUT2D eigenvalue weighted by Crippen LogP contribution is -2.14. The Bertz CT molecular complexity index is 350. The summed E-state index contributed by atoms with van der Waals surface area (Å²) in [7, 11) is -2.88. The van der Waals surface area contributed by atoms with Gasteiger partial charge in [0.2, 0.25) is 0 Å². The van der Waals surface area contributed by atoms with Crippen LogP contribution >= 0.6 is 0 Å². The Labute approximate surface area is 106 Å². The van der Waals surface area contributed by atoms with Gasteiger partial charge in [-0.05, 0) is 39.0 Å². The van der Waals surface area contributed by atoms with Crippen LogP contribution in [0.1, 0.15) is 53.4 Å². The summed E-state index contributed by atoms with van der Waals surface area (Å²) in [6.07, 6.45) is 2.99. The summed E-state index contributed by atoms with van der Waals surface area (Å²) in [6.45, 7) is 7.84. The minimum atomic E-state index is -2.88. The van der Waals surface area contributed by atoms with Crippen LogP contribution in [0.2, 0.25) is 0 Å². The van der Waals surface area contributed by atoms with Gasteiger partial charge >= 0.3 is 0 Å². The molecule has 0 aromatic heterocycles. The molecule has 0 radical (unpaired) electrons. The molecule has 0 aliphatic heterocycles. The van der Waals surface area contributed by atoms with Gasteiger partial charge in [0, 0.05) is 0 Å². The first kappa shape index (κ1) is 16.4. The molecule has 0 saturated carbocycles. The maximum atomic E-state index is 11.7. The molecule has 17 heavy (non-hydrogen) atoms. The Morgan fingerprint density at radius 1 is 1.18 bits per heavy atom. The van der Waals surface area contributed by atoms with Crippen molar-refractivity contribution < 1.29 is 8.42 Å². The van der Waals surface area contributed by atoms with E-state index in [1.54, 1.807) is 0 Å². The van der Waals surface area contributed by atoms with E-state index in [1.807, 2.05) is 27.7 Å². The summed E-state index contributed by atoms with van der Waals surface area (Å²) in [5.74, 6) is 0.996. The predicted octanol–water partition coefficient (Wildman–Crippen LogP) is 3.17. The normalized spacial score (nSPS) is 12.7. The minimum absolute atomic E-state index is 0.265. The lowest BCUT2D eigenvalue weighted by atomic mass is 9.89. The van der Waals surface area contributed by atoms with Crippen LogP contribution < -0.4 is 0 Å². The molecule has 0 atom stereocenters. The zero-order valence-electron chi connectivity index (χ0n) is 11.5. The van der Waals surface area contributed by atoms with Gasteiger partial charge in [-0.3, -0.25) is 0 Å². The number of hydrogen-bond acceptors (Lipinski definition) is 3. The van der Waals surface area contributed by atoms with E-state index in [4.69, 9.17) is 5.26 Å². The zero-order chi connectivity index (χ0) is 13.5. The molecule has 0 N–H and O–H groups in total. The van der Waals surface area contributed by atoms with Crippen molar-refractivity contribution in [3.8, 4) is 6.07 Å². The van der Waals surface area contributed by atoms with E-state index in [-0.39, 0.29) is 11.2 Å². The summed E-state index contributed by atoms with van der Waals surface area (Å²) < 4.78 is 23.3. The number of rotatable bonds is 8. The Hall–Kier alpha value is -0.560. The third-order valence-corrected chi connectivity index (χ3v) is 4.58. The second-order valence-electron chi connectivity index (χ2n) is 5.79. The summed E-state index contributed by atoms with van der Waals surface area (Å²) in [5, 5.41) is 8.83. The van der Waals surface area contributed by atoms with Gasteiger partial charge in [-0.25, -0.2) is 8.42 Å². The average Bonchev–Trinajstić information content (AvgIpc) is 2.22. The molecular weight excluding hydrogens is 234 g/mol. The summed E-state index contributed by atoms with van der Waals surface area (Å²) in [5.41, 5.74) is -0.332. The largest absolute Gasteiger partial charge is 0.229 e. The van der Waals surface area contributed by atoms with Crippen molar-refractivity contribution in [3.05, 3.63) is 0 Å². The second kappa shape index (κ2) is 7.00. The van der Waals surface area contributed by atoms with E-state index >= 15 is 0 Å². The van der Waals surface area contributed by atoms with Crippen molar-refractivity contribution in [2.45, 2.75) is 53.4 Å². The maximum absolute atomic E-state index is 11.7. The SMILES string of the molecule is CC(C)CCS(=O)(=O)CCCCC(C)(C)C#N. The van der Waals surface area contributed by atoms with E-state index in [2.05, 4.69) is 6.07 Å². The maximum Gasteiger partial charge on any atom is 0.150 e. The monoisotopic (exact) mass is 259 g/mol. The first-order valence-corrected chi connectivity index (χ1v) is 8.12. The Kier molecular flexibility index (Phi) is 6.77. The van der Waals surface area contributed by atoms with Crippen LogP contribution in [0.25, 0.3) is 0 Å². The van der Waals surface area contributed by atoms with Crippen LogP contribution in [0.4, 0.5) is 0 Å². The highest BCUT2D eigenvalue weighted by Gasteiger charge is 2.17. The van der Waals surface area contributed by atoms with Gasteiger partial charge in [0.05, 0.1) is 23.0 Å². The highest BCUT2D eigenvalue weighted by Crippen LogP contribution is 2.21. The molecule has 100 valence electrons. The Morgan fingerprint density at radius 2 is 1.76 bits per heavy atom. The van der Waals surface area contributed by atoms with Crippen LogP contribution in [-0.4, -0.2) is 19.9 Å². The fourth-order valence-electron chi connectivity index (χ4n) is 1.46. The van der Waals surface area contributed by atoms with E-state index in [9.17, 15) is 8.42 Å². The first-order valence-electron chi connectivity index (χ1n) is 6.30. The van der Waals surface area contributed by atoms with Gasteiger partial charge in [0.25, 0.3) is 0 Å². The third kappa shape index (κ3) is 9.17. The molecular formula is C13H25NO2S. The number of nitrogens with zero attached hydrogens (tertiary/aromatic N) is 1. The van der Waals surface area contributed by atoms with Gasteiger partial charge in [0.15, 0.2) is 0 Å². The summed E-state index contributed by atoms with van der Waals surface area (Å²) in [6, 6.07) is 2.23. The third-order valence-electron chi connectivity index (χ3n) is 2.82. The summed E-state index contributed by atoms with van der Waals surface area (Å²) >= 11 is 0. The van der Waals surface area contributed by atoms with E-state index in [1.165, 1.54) is 0 Å². The molecule has 3 nitrogen and oxygen atoms in total. The number of unbranched alkanes of at least 4 members (excludes halogenated alkanes) is 1. The van der Waals surface area contributed by atoms with Crippen molar-refractivity contribution >= 4 is 9.84 Å².